The van der Waals surface area contributed by atoms with Gasteiger partial charge in [-0.15, -0.1) is 11.6 Å². The van der Waals surface area contributed by atoms with E-state index in [1.807, 2.05) is 6.92 Å². The molecule has 0 aromatic heterocycles. The molecule has 1 atom stereocenters. The van der Waals surface area contributed by atoms with Crippen LogP contribution in [0, 0.1) is 0 Å². The van der Waals surface area contributed by atoms with Crippen molar-refractivity contribution < 1.29 is 0 Å². The molecule has 0 aliphatic rings. The van der Waals surface area contributed by atoms with Gasteiger partial charge in [0.15, 0.2) is 0 Å². The summed E-state index contributed by atoms with van der Waals surface area (Å²) in [7, 11) is 0. The number of hydrogen-bond acceptors (Lipinski definition) is 0. The number of halogens is 1. The van der Waals surface area contributed by atoms with Gasteiger partial charge in [-0.25, -0.2) is 0 Å². The van der Waals surface area contributed by atoms with Crippen LogP contribution in [0.4, 0.5) is 0 Å². The van der Waals surface area contributed by atoms with E-state index in [2.05, 4.69) is 6.92 Å². The summed E-state index contributed by atoms with van der Waals surface area (Å²) < 4.78 is 0. The first kappa shape index (κ1) is 6.29. The maximum absolute atomic E-state index is 5.58. The summed E-state index contributed by atoms with van der Waals surface area (Å²) >= 11 is 5.58. The van der Waals surface area contributed by atoms with Gasteiger partial charge in [-0.05, 0) is 13.3 Å². The Balaban J connectivity index is 2.63. The average Bonchev–Trinajstić information content (AvgIpc) is 1.35. The fraction of sp³-hybridized carbons (Fsp3) is 1.00. The van der Waals surface area contributed by atoms with Crippen molar-refractivity contribution in [1.82, 2.24) is 0 Å². The molecule has 6 heavy (non-hydrogen) atoms. The van der Waals surface area contributed by atoms with Crippen LogP contribution < -0.4 is 0 Å². The third-order valence-electron chi connectivity index (χ3n) is 0.686. The van der Waals surface area contributed by atoms with Crippen LogP contribution in [-0.4, -0.2) is 5.38 Å². The minimum absolute atomic E-state index is 0.370. The van der Waals surface area contributed by atoms with Gasteiger partial charge in [0.05, 0.1) is 0 Å². The summed E-state index contributed by atoms with van der Waals surface area (Å²) in [5.74, 6) is 0. The zero-order valence-electron chi connectivity index (χ0n) is 4.37. The van der Waals surface area contributed by atoms with Crippen LogP contribution >= 0.6 is 11.6 Å². The van der Waals surface area contributed by atoms with Crippen molar-refractivity contribution in [2.45, 2.75) is 32.1 Å². The summed E-state index contributed by atoms with van der Waals surface area (Å²) in [6.07, 6.45) is 2.34. The Morgan fingerprint density at radius 2 is 2.17 bits per heavy atom. The quantitative estimate of drug-likeness (QED) is 0.475. The molecule has 0 spiro atoms. The molecule has 0 aromatic carbocycles. The Hall–Kier alpha value is 0.290. The molecule has 0 fully saturated rings. The van der Waals surface area contributed by atoms with Crippen molar-refractivity contribution >= 4 is 11.6 Å². The second kappa shape index (κ2) is 3.48. The molecule has 0 aliphatic carbocycles. The zero-order chi connectivity index (χ0) is 4.99. The van der Waals surface area contributed by atoms with E-state index in [1.165, 1.54) is 6.42 Å². The van der Waals surface area contributed by atoms with Gasteiger partial charge in [0.2, 0.25) is 0 Å². The third-order valence-corrected chi connectivity index (χ3v) is 0.905. The van der Waals surface area contributed by atoms with E-state index in [4.69, 9.17) is 11.6 Å². The van der Waals surface area contributed by atoms with Crippen LogP contribution in [-0.2, 0) is 0 Å². The van der Waals surface area contributed by atoms with Gasteiger partial charge >= 0.3 is 0 Å². The molecule has 0 bridgehead atoms. The van der Waals surface area contributed by atoms with Gasteiger partial charge in [0.1, 0.15) is 0 Å². The molecule has 0 N–H and O–H groups in total. The molecule has 0 unspecified atom stereocenters. The topological polar surface area (TPSA) is 0 Å². The predicted molar refractivity (Wildman–Crippen MR) is 30.2 cm³/mol. The van der Waals surface area contributed by atoms with Gasteiger partial charge in [-0.2, -0.15) is 0 Å². The number of alkyl halides is 1. The number of rotatable bonds is 2. The van der Waals surface area contributed by atoms with E-state index in [9.17, 15) is 0 Å². The molecule has 0 saturated carbocycles. The Morgan fingerprint density at radius 3 is 2.17 bits per heavy atom. The van der Waals surface area contributed by atoms with Gasteiger partial charge in [0, 0.05) is 5.38 Å². The normalized spacial score (nSPS) is 14.5. The summed E-state index contributed by atoms with van der Waals surface area (Å²) in [5, 5.41) is 0.370. The van der Waals surface area contributed by atoms with Crippen LogP contribution in [0.25, 0.3) is 0 Å². The van der Waals surface area contributed by atoms with E-state index in [1.54, 1.807) is 0 Å². The SMILES string of the molecule is CCC[C@@H](C)Cl. The second-order valence-electron chi connectivity index (χ2n) is 1.57. The molecular formula is C5H11Cl. The first-order valence-corrected chi connectivity index (χ1v) is 2.85. The fourth-order valence-electron chi connectivity index (χ4n) is 0.398. The van der Waals surface area contributed by atoms with Crippen molar-refractivity contribution in [3.63, 3.8) is 0 Å². The molecule has 1 heteroatoms. The molecule has 0 amide bonds. The molecule has 38 valence electrons. The first-order valence-electron chi connectivity index (χ1n) is 2.41. The molecule has 0 saturated heterocycles. The summed E-state index contributed by atoms with van der Waals surface area (Å²) in [5.41, 5.74) is 0. The maximum atomic E-state index is 5.58. The summed E-state index contributed by atoms with van der Waals surface area (Å²) in [4.78, 5) is 0. The van der Waals surface area contributed by atoms with Crippen LogP contribution in [0.5, 0.6) is 0 Å². The highest BCUT2D eigenvalue weighted by molar-refractivity contribution is 6.20. The van der Waals surface area contributed by atoms with Crippen molar-refractivity contribution in [1.29, 1.82) is 0 Å². The zero-order valence-corrected chi connectivity index (χ0v) is 5.13. The van der Waals surface area contributed by atoms with Crippen LogP contribution in [0.1, 0.15) is 26.7 Å². The Labute approximate surface area is 44.5 Å². The highest BCUT2D eigenvalue weighted by atomic mass is 35.5. The molecule has 0 aromatic rings. The van der Waals surface area contributed by atoms with Crippen molar-refractivity contribution in [3.8, 4) is 0 Å². The molecule has 0 heterocycles. The average molecular weight is 107 g/mol. The Morgan fingerprint density at radius 1 is 1.67 bits per heavy atom. The van der Waals surface area contributed by atoms with E-state index in [0.717, 1.165) is 6.42 Å². The van der Waals surface area contributed by atoms with E-state index >= 15 is 0 Å². The van der Waals surface area contributed by atoms with Crippen LogP contribution in [0.15, 0.2) is 0 Å². The smallest absolute Gasteiger partial charge is 0.0307 e. The molecular weight excluding hydrogens is 95.5 g/mol. The second-order valence-corrected chi connectivity index (χ2v) is 2.31. The minimum Gasteiger partial charge on any atom is -0.123 e. The molecule has 0 radical (unpaired) electrons. The standard InChI is InChI=1S/C5H11Cl/c1-3-4-5(2)6/h5H,3-4H2,1-2H3/t5-/m1/s1. The van der Waals surface area contributed by atoms with E-state index < -0.39 is 0 Å². The van der Waals surface area contributed by atoms with Gasteiger partial charge in [0.25, 0.3) is 0 Å². The lowest BCUT2D eigenvalue weighted by atomic mass is 10.3. The summed E-state index contributed by atoms with van der Waals surface area (Å²) in [6.45, 7) is 4.16. The largest absolute Gasteiger partial charge is 0.123 e. The van der Waals surface area contributed by atoms with E-state index in [-0.39, 0.29) is 0 Å². The molecule has 0 rings (SSSR count). The molecule has 0 aliphatic heterocycles. The Kier molecular flexibility index (Phi) is 3.65. The van der Waals surface area contributed by atoms with Crippen LogP contribution in [0.3, 0.4) is 0 Å². The lowest BCUT2D eigenvalue weighted by Gasteiger charge is -1.93. The molecule has 0 nitrogen and oxygen atoms in total. The van der Waals surface area contributed by atoms with Gasteiger partial charge in [-0.3, -0.25) is 0 Å². The highest BCUT2D eigenvalue weighted by Gasteiger charge is 1.88. The lowest BCUT2D eigenvalue weighted by Crippen LogP contribution is -1.85. The van der Waals surface area contributed by atoms with Gasteiger partial charge in [-0.1, -0.05) is 13.3 Å². The van der Waals surface area contributed by atoms with Crippen molar-refractivity contribution in [2.75, 3.05) is 0 Å². The van der Waals surface area contributed by atoms with Crippen molar-refractivity contribution in [2.24, 2.45) is 0 Å². The first-order chi connectivity index (χ1) is 2.77. The van der Waals surface area contributed by atoms with Crippen molar-refractivity contribution in [3.05, 3.63) is 0 Å². The number of hydrogen-bond donors (Lipinski definition) is 0. The highest BCUT2D eigenvalue weighted by Crippen LogP contribution is 2.01. The Bertz CT molecular complexity index is 25.1. The predicted octanol–water partition coefficient (Wildman–Crippen LogP) is 2.41. The maximum Gasteiger partial charge on any atom is 0.0307 e. The van der Waals surface area contributed by atoms with Crippen LogP contribution in [0.2, 0.25) is 0 Å². The third kappa shape index (κ3) is 4.29. The fourth-order valence-corrected chi connectivity index (χ4v) is 0.616. The minimum atomic E-state index is 0.370. The van der Waals surface area contributed by atoms with E-state index in [0.29, 0.717) is 5.38 Å². The summed E-state index contributed by atoms with van der Waals surface area (Å²) in [6, 6.07) is 0. The lowest BCUT2D eigenvalue weighted by molar-refractivity contribution is 0.779. The monoisotopic (exact) mass is 106 g/mol. The van der Waals surface area contributed by atoms with Gasteiger partial charge < -0.3 is 0 Å².